The van der Waals surface area contributed by atoms with Crippen molar-refractivity contribution in [2.75, 3.05) is 0 Å². The molecular formula is C21H18N2O3. The van der Waals surface area contributed by atoms with Crippen LogP contribution in [0.1, 0.15) is 27.6 Å². The summed E-state index contributed by atoms with van der Waals surface area (Å²) in [6.45, 7) is 1.60. The minimum Gasteiger partial charge on any atom is -0.451 e. The lowest BCUT2D eigenvalue weighted by Crippen LogP contribution is -2.24. The number of ether oxygens (including phenoxy) is 1. The van der Waals surface area contributed by atoms with E-state index < -0.39 is 12.1 Å². The maximum absolute atomic E-state index is 12.8. The molecule has 5 nitrogen and oxygen atoms in total. The van der Waals surface area contributed by atoms with E-state index in [1.807, 2.05) is 60.1 Å². The molecule has 4 aromatic rings. The molecule has 130 valence electrons. The first-order valence-electron chi connectivity index (χ1n) is 8.41. The third-order valence-corrected chi connectivity index (χ3v) is 4.62. The van der Waals surface area contributed by atoms with E-state index in [0.29, 0.717) is 11.1 Å². The first kappa shape index (κ1) is 16.1. The highest BCUT2D eigenvalue weighted by molar-refractivity contribution is 6.11. The van der Waals surface area contributed by atoms with Crippen molar-refractivity contribution in [2.24, 2.45) is 7.05 Å². The number of benzene rings is 2. The Labute approximate surface area is 150 Å². The van der Waals surface area contributed by atoms with E-state index in [0.717, 1.165) is 21.8 Å². The Hall–Kier alpha value is -3.34. The van der Waals surface area contributed by atoms with Crippen LogP contribution in [0.5, 0.6) is 0 Å². The van der Waals surface area contributed by atoms with Crippen molar-refractivity contribution in [3.63, 3.8) is 0 Å². The summed E-state index contributed by atoms with van der Waals surface area (Å²) in [4.78, 5) is 28.4. The molecule has 1 unspecified atom stereocenters. The number of H-pyrrole nitrogens is 1. The van der Waals surface area contributed by atoms with E-state index in [1.54, 1.807) is 19.3 Å². The van der Waals surface area contributed by atoms with Crippen LogP contribution in [-0.4, -0.2) is 27.4 Å². The zero-order chi connectivity index (χ0) is 18.3. The number of aryl methyl sites for hydroxylation is 1. The Kier molecular flexibility index (Phi) is 3.84. The highest BCUT2D eigenvalue weighted by atomic mass is 16.5. The molecule has 0 saturated heterocycles. The van der Waals surface area contributed by atoms with Gasteiger partial charge in [-0.3, -0.25) is 4.79 Å². The summed E-state index contributed by atoms with van der Waals surface area (Å²) in [5.41, 5.74) is 2.80. The first-order chi connectivity index (χ1) is 12.6. The minimum atomic E-state index is -0.874. The molecule has 0 saturated carbocycles. The van der Waals surface area contributed by atoms with Crippen molar-refractivity contribution in [3.05, 3.63) is 72.1 Å². The fraction of sp³-hybridized carbons (Fsp3) is 0.143. The normalized spacial score (nSPS) is 12.4. The van der Waals surface area contributed by atoms with Crippen molar-refractivity contribution >= 4 is 33.6 Å². The van der Waals surface area contributed by atoms with Crippen LogP contribution in [0.3, 0.4) is 0 Å². The minimum absolute atomic E-state index is 0.226. The quantitative estimate of drug-likeness (QED) is 0.447. The number of para-hydroxylation sites is 2. The number of hydrogen-bond donors (Lipinski definition) is 1. The molecule has 2 aromatic carbocycles. The fourth-order valence-electron chi connectivity index (χ4n) is 3.28. The van der Waals surface area contributed by atoms with Crippen molar-refractivity contribution in [1.82, 2.24) is 9.55 Å². The zero-order valence-electron chi connectivity index (χ0n) is 14.5. The van der Waals surface area contributed by atoms with Crippen molar-refractivity contribution in [1.29, 1.82) is 0 Å². The Bertz CT molecular complexity index is 1140. The molecule has 5 heteroatoms. The number of aromatic amines is 1. The van der Waals surface area contributed by atoms with E-state index in [9.17, 15) is 9.59 Å². The van der Waals surface area contributed by atoms with Gasteiger partial charge in [-0.1, -0.05) is 36.4 Å². The Morgan fingerprint density at radius 1 is 1.00 bits per heavy atom. The van der Waals surface area contributed by atoms with Gasteiger partial charge < -0.3 is 14.3 Å². The average molecular weight is 346 g/mol. The molecule has 0 amide bonds. The molecule has 0 radical (unpaired) electrons. The summed E-state index contributed by atoms with van der Waals surface area (Å²) >= 11 is 0. The lowest BCUT2D eigenvalue weighted by molar-refractivity contribution is 0.0321. The predicted molar refractivity (Wildman–Crippen MR) is 100 cm³/mol. The largest absolute Gasteiger partial charge is 0.451 e. The van der Waals surface area contributed by atoms with Crippen molar-refractivity contribution in [2.45, 2.75) is 13.0 Å². The van der Waals surface area contributed by atoms with Crippen LogP contribution >= 0.6 is 0 Å². The molecule has 2 aromatic heterocycles. The smallest absolute Gasteiger partial charge is 0.341 e. The van der Waals surface area contributed by atoms with Gasteiger partial charge in [-0.05, 0) is 19.1 Å². The summed E-state index contributed by atoms with van der Waals surface area (Å²) in [6.07, 6.45) is 2.52. The molecule has 0 spiro atoms. The Morgan fingerprint density at radius 3 is 2.50 bits per heavy atom. The Balaban J connectivity index is 1.60. The molecule has 26 heavy (non-hydrogen) atoms. The third-order valence-electron chi connectivity index (χ3n) is 4.62. The number of Topliss-reactive ketones (excluding diaryl/α,β-unsaturated/α-hetero) is 1. The van der Waals surface area contributed by atoms with E-state index in [2.05, 4.69) is 4.98 Å². The molecule has 0 fully saturated rings. The summed E-state index contributed by atoms with van der Waals surface area (Å²) in [5, 5.41) is 1.64. The van der Waals surface area contributed by atoms with E-state index in [-0.39, 0.29) is 5.78 Å². The van der Waals surface area contributed by atoms with E-state index >= 15 is 0 Å². The van der Waals surface area contributed by atoms with E-state index in [1.165, 1.54) is 0 Å². The van der Waals surface area contributed by atoms with Gasteiger partial charge in [0.25, 0.3) is 0 Å². The average Bonchev–Trinajstić information content (AvgIpc) is 3.23. The molecule has 1 atom stereocenters. The number of carbonyl (C=O) groups is 2. The lowest BCUT2D eigenvalue weighted by Gasteiger charge is -2.11. The number of hydrogen-bond acceptors (Lipinski definition) is 3. The van der Waals surface area contributed by atoms with Gasteiger partial charge >= 0.3 is 5.97 Å². The highest BCUT2D eigenvalue weighted by Gasteiger charge is 2.24. The van der Waals surface area contributed by atoms with Crippen LogP contribution < -0.4 is 0 Å². The fourth-order valence-corrected chi connectivity index (χ4v) is 3.28. The highest BCUT2D eigenvalue weighted by Crippen LogP contribution is 2.23. The van der Waals surface area contributed by atoms with Crippen LogP contribution in [0, 0.1) is 0 Å². The monoisotopic (exact) mass is 346 g/mol. The second kappa shape index (κ2) is 6.19. The maximum Gasteiger partial charge on any atom is 0.341 e. The number of esters is 1. The van der Waals surface area contributed by atoms with E-state index in [4.69, 9.17) is 4.74 Å². The third kappa shape index (κ3) is 2.58. The molecule has 0 aliphatic rings. The van der Waals surface area contributed by atoms with Gasteiger partial charge in [-0.15, -0.1) is 0 Å². The van der Waals surface area contributed by atoms with Crippen LogP contribution in [0.4, 0.5) is 0 Å². The molecule has 0 aliphatic carbocycles. The van der Waals surface area contributed by atoms with Gasteiger partial charge in [-0.25, -0.2) is 4.79 Å². The van der Waals surface area contributed by atoms with Crippen molar-refractivity contribution < 1.29 is 14.3 Å². The van der Waals surface area contributed by atoms with Gasteiger partial charge in [0.05, 0.1) is 5.56 Å². The first-order valence-corrected chi connectivity index (χ1v) is 8.41. The van der Waals surface area contributed by atoms with Gasteiger partial charge in [-0.2, -0.15) is 0 Å². The number of aromatic nitrogens is 2. The summed E-state index contributed by atoms with van der Waals surface area (Å²) in [7, 11) is 1.87. The second-order valence-corrected chi connectivity index (χ2v) is 6.33. The topological polar surface area (TPSA) is 64.1 Å². The van der Waals surface area contributed by atoms with Crippen LogP contribution in [-0.2, 0) is 11.8 Å². The van der Waals surface area contributed by atoms with Crippen LogP contribution in [0.25, 0.3) is 21.8 Å². The number of nitrogens with zero attached hydrogens (tertiary/aromatic N) is 1. The van der Waals surface area contributed by atoms with Gasteiger partial charge in [0.15, 0.2) is 6.10 Å². The molecule has 0 aliphatic heterocycles. The second-order valence-electron chi connectivity index (χ2n) is 6.33. The summed E-state index contributed by atoms with van der Waals surface area (Å²) < 4.78 is 7.35. The Morgan fingerprint density at radius 2 is 1.69 bits per heavy atom. The van der Waals surface area contributed by atoms with Gasteiger partial charge in [0.2, 0.25) is 5.78 Å². The number of rotatable bonds is 4. The van der Waals surface area contributed by atoms with Crippen LogP contribution in [0.2, 0.25) is 0 Å². The molecule has 0 bridgehead atoms. The maximum atomic E-state index is 12.8. The number of carbonyl (C=O) groups excluding carboxylic acids is 2. The molecule has 4 rings (SSSR count). The lowest BCUT2D eigenvalue weighted by atomic mass is 10.1. The van der Waals surface area contributed by atoms with Crippen molar-refractivity contribution in [3.8, 4) is 0 Å². The van der Waals surface area contributed by atoms with Gasteiger partial charge in [0.1, 0.15) is 0 Å². The zero-order valence-corrected chi connectivity index (χ0v) is 14.5. The number of nitrogens with one attached hydrogen (secondary N) is 1. The standard InChI is InChI=1S/C21H18N2O3/c1-13(20(24)16-11-22-18-9-5-3-7-14(16)18)26-21(25)17-12-23(2)19-10-6-4-8-15(17)19/h3-13,22H,1-2H3. The van der Waals surface area contributed by atoms with Gasteiger partial charge in [0, 0.05) is 46.8 Å². The number of ketones is 1. The molecule has 2 heterocycles. The summed E-state index contributed by atoms with van der Waals surface area (Å²) in [5.74, 6) is -0.724. The predicted octanol–water partition coefficient (Wildman–Crippen LogP) is 4.09. The summed E-state index contributed by atoms with van der Waals surface area (Å²) in [6, 6.07) is 15.2. The van der Waals surface area contributed by atoms with Crippen LogP contribution in [0.15, 0.2) is 60.9 Å². The molecular weight excluding hydrogens is 328 g/mol. The molecule has 1 N–H and O–H groups in total. The SMILES string of the molecule is CC(OC(=O)c1cn(C)c2ccccc12)C(=O)c1c[nH]c2ccccc12. The number of fused-ring (bicyclic) bond motifs is 2.